The number of ether oxygens (including phenoxy) is 2. The monoisotopic (exact) mass is 469 g/mol. The summed E-state index contributed by atoms with van der Waals surface area (Å²) < 4.78 is 26.4. The van der Waals surface area contributed by atoms with Gasteiger partial charge in [-0.25, -0.2) is 4.39 Å². The van der Waals surface area contributed by atoms with Crippen LogP contribution in [0.1, 0.15) is 42.6 Å². The minimum absolute atomic E-state index is 0.102. The molecule has 1 amide bonds. The predicted molar refractivity (Wildman–Crippen MR) is 134 cm³/mol. The normalized spacial score (nSPS) is 18.6. The summed E-state index contributed by atoms with van der Waals surface area (Å²) in [5, 5.41) is 0. The van der Waals surface area contributed by atoms with Crippen LogP contribution in [0.15, 0.2) is 36.4 Å². The lowest BCUT2D eigenvalue weighted by Gasteiger charge is -2.30. The molecule has 1 fully saturated rings. The highest BCUT2D eigenvalue weighted by Crippen LogP contribution is 2.32. The van der Waals surface area contributed by atoms with Crippen molar-refractivity contribution in [3.63, 3.8) is 0 Å². The van der Waals surface area contributed by atoms with Crippen LogP contribution in [0, 0.1) is 5.82 Å². The molecule has 6 nitrogen and oxygen atoms in total. The molecule has 184 valence electrons. The number of carbonyl (C=O) groups excluding carboxylic acids is 1. The third-order valence-electron chi connectivity index (χ3n) is 7.16. The van der Waals surface area contributed by atoms with Crippen molar-refractivity contribution in [2.45, 2.75) is 44.8 Å². The Hall–Kier alpha value is -2.64. The number of benzene rings is 2. The first-order chi connectivity index (χ1) is 16.2. The van der Waals surface area contributed by atoms with E-state index in [9.17, 15) is 4.79 Å². The summed E-state index contributed by atoms with van der Waals surface area (Å²) in [6.45, 7) is 6.75. The van der Waals surface area contributed by atoms with E-state index in [1.165, 1.54) is 6.07 Å². The fourth-order valence-electron chi connectivity index (χ4n) is 4.62. The first-order valence-corrected chi connectivity index (χ1v) is 12.0. The van der Waals surface area contributed by atoms with E-state index in [0.717, 1.165) is 37.2 Å². The van der Waals surface area contributed by atoms with E-state index in [0.29, 0.717) is 42.6 Å². The molecule has 7 heteroatoms. The minimum atomic E-state index is -0.279. The van der Waals surface area contributed by atoms with Gasteiger partial charge in [0, 0.05) is 50.5 Å². The zero-order valence-electron chi connectivity index (χ0n) is 20.9. The van der Waals surface area contributed by atoms with Crippen molar-refractivity contribution in [2.24, 2.45) is 0 Å². The number of anilines is 2. The van der Waals surface area contributed by atoms with Gasteiger partial charge < -0.3 is 24.2 Å². The molecule has 2 heterocycles. The van der Waals surface area contributed by atoms with Gasteiger partial charge in [0.1, 0.15) is 11.6 Å². The van der Waals surface area contributed by atoms with Crippen molar-refractivity contribution in [3.8, 4) is 5.75 Å². The lowest BCUT2D eigenvalue weighted by molar-refractivity contribution is 0.00545. The number of likely N-dealkylation sites (N-methyl/N-ethyl adjacent to an activating group) is 1. The van der Waals surface area contributed by atoms with Crippen LogP contribution >= 0.6 is 0 Å². The van der Waals surface area contributed by atoms with E-state index >= 15 is 4.39 Å². The molecule has 0 unspecified atom stereocenters. The Morgan fingerprint density at radius 3 is 2.62 bits per heavy atom. The van der Waals surface area contributed by atoms with E-state index in [-0.39, 0.29) is 17.3 Å². The first-order valence-electron chi connectivity index (χ1n) is 12.0. The molecular weight excluding hydrogens is 433 g/mol. The van der Waals surface area contributed by atoms with Gasteiger partial charge in [-0.15, -0.1) is 0 Å². The van der Waals surface area contributed by atoms with Crippen LogP contribution < -0.4 is 14.5 Å². The van der Waals surface area contributed by atoms with E-state index in [1.807, 2.05) is 44.2 Å². The van der Waals surface area contributed by atoms with Crippen LogP contribution in [0.4, 0.5) is 15.8 Å². The summed E-state index contributed by atoms with van der Waals surface area (Å²) in [6, 6.07) is 11.2. The van der Waals surface area contributed by atoms with Crippen LogP contribution in [-0.2, 0) is 11.2 Å². The second-order valence-electron chi connectivity index (χ2n) is 10.1. The molecule has 34 heavy (non-hydrogen) atoms. The Bertz CT molecular complexity index is 1040. The number of nitrogens with zero attached hydrogens (tertiary/aromatic N) is 3. The van der Waals surface area contributed by atoms with Gasteiger partial charge in [-0.2, -0.15) is 0 Å². The molecule has 0 radical (unpaired) electrons. The predicted octanol–water partition coefficient (Wildman–Crippen LogP) is 4.36. The lowest BCUT2D eigenvalue weighted by atomic mass is 9.98. The molecule has 0 saturated carbocycles. The smallest absolute Gasteiger partial charge is 0.258 e. The number of amides is 1. The van der Waals surface area contributed by atoms with Gasteiger partial charge in [-0.3, -0.25) is 4.79 Å². The third-order valence-corrected chi connectivity index (χ3v) is 7.16. The van der Waals surface area contributed by atoms with E-state index in [1.54, 1.807) is 12.0 Å². The number of hydrogen-bond acceptors (Lipinski definition) is 5. The molecule has 1 saturated heterocycles. The van der Waals surface area contributed by atoms with E-state index in [2.05, 4.69) is 23.9 Å². The summed E-state index contributed by atoms with van der Waals surface area (Å²) in [4.78, 5) is 19.2. The van der Waals surface area contributed by atoms with Crippen LogP contribution in [0.3, 0.4) is 0 Å². The average Bonchev–Trinajstić information content (AvgIpc) is 3.29. The fourth-order valence-corrected chi connectivity index (χ4v) is 4.62. The van der Waals surface area contributed by atoms with Crippen molar-refractivity contribution < 1.29 is 18.7 Å². The quantitative estimate of drug-likeness (QED) is 0.575. The Balaban J connectivity index is 1.44. The number of methoxy groups -OCH3 is 1. The first kappa shape index (κ1) is 24.5. The largest absolute Gasteiger partial charge is 0.493 e. The van der Waals surface area contributed by atoms with Crippen LogP contribution in [0.25, 0.3) is 0 Å². The number of halogens is 1. The molecule has 0 bridgehead atoms. The topological polar surface area (TPSA) is 45.3 Å². The zero-order valence-corrected chi connectivity index (χ0v) is 20.9. The number of rotatable bonds is 8. The van der Waals surface area contributed by atoms with Crippen molar-refractivity contribution >= 4 is 17.3 Å². The molecule has 0 aliphatic carbocycles. The van der Waals surface area contributed by atoms with E-state index in [4.69, 9.17) is 9.47 Å². The van der Waals surface area contributed by atoms with Gasteiger partial charge in [0.2, 0.25) is 0 Å². The van der Waals surface area contributed by atoms with Gasteiger partial charge in [0.05, 0.1) is 17.9 Å². The maximum absolute atomic E-state index is 15.1. The zero-order chi connectivity index (χ0) is 24.5. The number of carbonyl (C=O) groups is 1. The highest BCUT2D eigenvalue weighted by atomic mass is 19.1. The van der Waals surface area contributed by atoms with Crippen LogP contribution in [-0.4, -0.2) is 69.9 Å². The van der Waals surface area contributed by atoms with Gasteiger partial charge in [-0.05, 0) is 82.7 Å². The summed E-state index contributed by atoms with van der Waals surface area (Å²) in [5.41, 5.74) is 2.58. The second kappa shape index (κ2) is 9.92. The molecule has 2 aromatic rings. The van der Waals surface area contributed by atoms with Crippen molar-refractivity contribution in [1.82, 2.24) is 4.90 Å². The Kier molecular flexibility index (Phi) is 7.14. The number of hydrogen-bond donors (Lipinski definition) is 0. The van der Waals surface area contributed by atoms with Crippen molar-refractivity contribution in [3.05, 3.63) is 53.3 Å². The SMILES string of the molecule is COC(C)(C)CCOc1ccc2c(c1)CCN(c1ccc(N3CC[C@@H](N(C)C)C3)c(F)c1)C2=O. The Morgan fingerprint density at radius 2 is 1.94 bits per heavy atom. The minimum Gasteiger partial charge on any atom is -0.493 e. The summed E-state index contributed by atoms with van der Waals surface area (Å²) >= 11 is 0. The Morgan fingerprint density at radius 1 is 1.15 bits per heavy atom. The lowest BCUT2D eigenvalue weighted by Crippen LogP contribution is -2.37. The van der Waals surface area contributed by atoms with Crippen LogP contribution in [0.2, 0.25) is 0 Å². The molecule has 0 spiro atoms. The molecule has 2 aromatic carbocycles. The van der Waals surface area contributed by atoms with Gasteiger partial charge in [0.25, 0.3) is 5.91 Å². The summed E-state index contributed by atoms with van der Waals surface area (Å²) in [5.74, 6) is 0.372. The van der Waals surface area contributed by atoms with Crippen molar-refractivity contribution in [1.29, 1.82) is 0 Å². The summed E-state index contributed by atoms with van der Waals surface area (Å²) in [6.07, 6.45) is 2.48. The highest BCUT2D eigenvalue weighted by Gasteiger charge is 2.29. The molecule has 0 N–H and O–H groups in total. The molecule has 2 aliphatic heterocycles. The number of fused-ring (bicyclic) bond motifs is 1. The second-order valence-corrected chi connectivity index (χ2v) is 10.1. The summed E-state index contributed by atoms with van der Waals surface area (Å²) in [7, 11) is 5.82. The molecule has 2 aliphatic rings. The van der Waals surface area contributed by atoms with Gasteiger partial charge >= 0.3 is 0 Å². The third kappa shape index (κ3) is 5.20. The van der Waals surface area contributed by atoms with Gasteiger partial charge in [-0.1, -0.05) is 0 Å². The maximum atomic E-state index is 15.1. The molecule has 0 aromatic heterocycles. The standard InChI is InChI=1S/C27H36FN3O3/c1-27(2,33-5)12-15-34-22-7-8-23-19(16-22)10-14-31(26(23)32)20-6-9-25(24(28)17-20)30-13-11-21(18-30)29(3)4/h6-9,16-17,21H,10-15,18H2,1-5H3/t21-/m1/s1. The molecule has 4 rings (SSSR count). The van der Waals surface area contributed by atoms with Gasteiger partial charge in [0.15, 0.2) is 0 Å². The van der Waals surface area contributed by atoms with E-state index < -0.39 is 0 Å². The highest BCUT2D eigenvalue weighted by molar-refractivity contribution is 6.08. The van der Waals surface area contributed by atoms with Crippen molar-refractivity contribution in [2.75, 3.05) is 57.2 Å². The molecule has 1 atom stereocenters. The fraction of sp³-hybridized carbons (Fsp3) is 0.519. The molecular formula is C27H36FN3O3. The Labute approximate surface area is 202 Å². The average molecular weight is 470 g/mol. The van der Waals surface area contributed by atoms with Crippen LogP contribution in [0.5, 0.6) is 5.75 Å². The maximum Gasteiger partial charge on any atom is 0.258 e.